The lowest BCUT2D eigenvalue weighted by Crippen LogP contribution is -2.12. The van der Waals surface area contributed by atoms with E-state index >= 15 is 0 Å². The zero-order chi connectivity index (χ0) is 22.0. The average Bonchev–Trinajstić information content (AvgIpc) is 3.19. The van der Waals surface area contributed by atoms with Crippen LogP contribution in [-0.2, 0) is 0 Å². The van der Waals surface area contributed by atoms with Crippen LogP contribution in [0.25, 0.3) is 22.6 Å². The number of benzene rings is 3. The van der Waals surface area contributed by atoms with E-state index in [1.807, 2.05) is 38.1 Å². The predicted molar refractivity (Wildman–Crippen MR) is 124 cm³/mol. The van der Waals surface area contributed by atoms with Gasteiger partial charge in [-0.05, 0) is 79.4 Å². The average molecular weight is 415 g/mol. The van der Waals surface area contributed by atoms with E-state index in [1.165, 1.54) is 5.56 Å². The number of fused-ring (bicyclic) bond motifs is 1. The summed E-state index contributed by atoms with van der Waals surface area (Å²) in [6.07, 6.45) is 0. The molecule has 158 valence electrons. The smallest absolute Gasteiger partial charge is 0.255 e. The lowest BCUT2D eigenvalue weighted by atomic mass is 10.0. The maximum Gasteiger partial charge on any atom is 0.255 e. The molecule has 0 aliphatic rings. The molecule has 0 atom stereocenters. The Balaban J connectivity index is 1.59. The fourth-order valence-electron chi connectivity index (χ4n) is 3.38. The van der Waals surface area contributed by atoms with Gasteiger partial charge in [0.2, 0.25) is 5.89 Å². The van der Waals surface area contributed by atoms with E-state index in [9.17, 15) is 4.79 Å². The number of carbonyl (C=O) groups excluding carboxylic acids is 1. The zero-order valence-corrected chi connectivity index (χ0v) is 18.2. The summed E-state index contributed by atoms with van der Waals surface area (Å²) in [7, 11) is 0. The van der Waals surface area contributed by atoms with Gasteiger partial charge < -0.3 is 14.5 Å². The van der Waals surface area contributed by atoms with Crippen LogP contribution in [0.1, 0.15) is 48.2 Å². The Hall–Kier alpha value is -3.60. The summed E-state index contributed by atoms with van der Waals surface area (Å²) in [6.45, 7) is 8.78. The van der Waals surface area contributed by atoms with Crippen LogP contribution in [0.5, 0.6) is 5.75 Å². The maximum absolute atomic E-state index is 12.7. The number of hydrogen-bond donors (Lipinski definition) is 1. The van der Waals surface area contributed by atoms with Crippen molar-refractivity contribution < 1.29 is 13.9 Å². The van der Waals surface area contributed by atoms with E-state index in [0.29, 0.717) is 24.0 Å². The second kappa shape index (κ2) is 8.64. The Kier molecular flexibility index (Phi) is 5.76. The molecule has 0 unspecified atom stereocenters. The summed E-state index contributed by atoms with van der Waals surface area (Å²) >= 11 is 0. The van der Waals surface area contributed by atoms with Crippen molar-refractivity contribution in [2.45, 2.75) is 33.6 Å². The number of hydrogen-bond acceptors (Lipinski definition) is 4. The first-order valence-electron chi connectivity index (χ1n) is 10.5. The van der Waals surface area contributed by atoms with Gasteiger partial charge in [0.1, 0.15) is 11.3 Å². The Labute approximate surface area is 182 Å². The van der Waals surface area contributed by atoms with E-state index < -0.39 is 0 Å². The summed E-state index contributed by atoms with van der Waals surface area (Å²) in [5.74, 6) is 1.53. The highest BCUT2D eigenvalue weighted by atomic mass is 16.5. The predicted octanol–water partition coefficient (Wildman–Crippen LogP) is 6.58. The van der Waals surface area contributed by atoms with Crippen LogP contribution in [0.15, 0.2) is 65.1 Å². The van der Waals surface area contributed by atoms with E-state index in [1.54, 1.807) is 24.3 Å². The Bertz CT molecular complexity index is 1220. The van der Waals surface area contributed by atoms with Gasteiger partial charge in [-0.25, -0.2) is 4.98 Å². The number of nitrogens with zero attached hydrogens (tertiary/aromatic N) is 1. The number of nitrogens with one attached hydrogen (secondary N) is 1. The standard InChI is InChI=1S/C26H26N2O3/c1-5-30-21-11-8-18(9-12-21)25(29)27-22-15-20(7-6-17(22)4)26-28-23-14-19(16(2)3)10-13-24(23)31-26/h6-16H,5H2,1-4H3,(H,27,29). The number of oxazole rings is 1. The number of ether oxygens (including phenoxy) is 1. The number of carbonyl (C=O) groups is 1. The number of aryl methyl sites for hydroxylation is 1. The quantitative estimate of drug-likeness (QED) is 0.387. The minimum absolute atomic E-state index is 0.178. The van der Waals surface area contributed by atoms with Gasteiger partial charge >= 0.3 is 0 Å². The molecular weight excluding hydrogens is 388 g/mol. The highest BCUT2D eigenvalue weighted by Crippen LogP contribution is 2.29. The van der Waals surface area contributed by atoms with Gasteiger partial charge in [0.05, 0.1) is 6.61 Å². The van der Waals surface area contributed by atoms with Crippen molar-refractivity contribution in [1.29, 1.82) is 0 Å². The van der Waals surface area contributed by atoms with Crippen molar-refractivity contribution in [3.05, 3.63) is 77.4 Å². The highest BCUT2D eigenvalue weighted by Gasteiger charge is 2.13. The molecule has 0 saturated heterocycles. The molecule has 0 saturated carbocycles. The summed E-state index contributed by atoms with van der Waals surface area (Å²) < 4.78 is 11.4. The van der Waals surface area contributed by atoms with Crippen LogP contribution in [0.2, 0.25) is 0 Å². The van der Waals surface area contributed by atoms with Crippen molar-refractivity contribution in [2.24, 2.45) is 0 Å². The fourth-order valence-corrected chi connectivity index (χ4v) is 3.38. The molecule has 3 aromatic carbocycles. The van der Waals surface area contributed by atoms with Crippen molar-refractivity contribution in [1.82, 2.24) is 4.98 Å². The van der Waals surface area contributed by atoms with Crippen LogP contribution in [0, 0.1) is 6.92 Å². The molecule has 4 aromatic rings. The first kappa shape index (κ1) is 20.7. The summed E-state index contributed by atoms with van der Waals surface area (Å²) in [4.78, 5) is 17.4. The first-order chi connectivity index (χ1) is 14.9. The molecule has 31 heavy (non-hydrogen) atoms. The molecule has 0 radical (unpaired) electrons. The largest absolute Gasteiger partial charge is 0.494 e. The molecule has 1 aromatic heterocycles. The van der Waals surface area contributed by atoms with E-state index in [-0.39, 0.29) is 5.91 Å². The molecule has 1 amide bonds. The molecule has 0 aliphatic heterocycles. The summed E-state index contributed by atoms with van der Waals surface area (Å²) in [5.41, 5.74) is 5.87. The maximum atomic E-state index is 12.7. The van der Waals surface area contributed by atoms with Crippen molar-refractivity contribution in [2.75, 3.05) is 11.9 Å². The van der Waals surface area contributed by atoms with Crippen LogP contribution in [0.3, 0.4) is 0 Å². The van der Waals surface area contributed by atoms with Crippen LogP contribution < -0.4 is 10.1 Å². The normalized spacial score (nSPS) is 11.1. The van der Waals surface area contributed by atoms with Crippen molar-refractivity contribution >= 4 is 22.7 Å². The third kappa shape index (κ3) is 4.45. The number of anilines is 1. The molecule has 5 heteroatoms. The third-order valence-electron chi connectivity index (χ3n) is 5.24. The molecule has 1 heterocycles. The lowest BCUT2D eigenvalue weighted by Gasteiger charge is -2.10. The Morgan fingerprint density at radius 1 is 1.06 bits per heavy atom. The molecule has 0 fully saturated rings. The van der Waals surface area contributed by atoms with Gasteiger partial charge in [-0.15, -0.1) is 0 Å². The molecule has 5 nitrogen and oxygen atoms in total. The molecule has 0 bridgehead atoms. The van der Waals surface area contributed by atoms with Gasteiger partial charge in [-0.1, -0.05) is 26.0 Å². The Morgan fingerprint density at radius 3 is 2.55 bits per heavy atom. The van der Waals surface area contributed by atoms with Gasteiger partial charge in [-0.2, -0.15) is 0 Å². The highest BCUT2D eigenvalue weighted by molar-refractivity contribution is 6.05. The van der Waals surface area contributed by atoms with Crippen molar-refractivity contribution in [3.8, 4) is 17.2 Å². The first-order valence-corrected chi connectivity index (χ1v) is 10.5. The van der Waals surface area contributed by atoms with Crippen LogP contribution in [0.4, 0.5) is 5.69 Å². The topological polar surface area (TPSA) is 64.4 Å². The minimum atomic E-state index is -0.178. The summed E-state index contributed by atoms with van der Waals surface area (Å²) in [5, 5.41) is 3.00. The van der Waals surface area contributed by atoms with Gasteiger partial charge in [0.25, 0.3) is 5.91 Å². The number of rotatable bonds is 6. The second-order valence-electron chi connectivity index (χ2n) is 7.84. The van der Waals surface area contributed by atoms with Crippen molar-refractivity contribution in [3.63, 3.8) is 0 Å². The molecule has 1 N–H and O–H groups in total. The van der Waals surface area contributed by atoms with Gasteiger partial charge in [0.15, 0.2) is 5.58 Å². The molecule has 0 aliphatic carbocycles. The fraction of sp³-hybridized carbons (Fsp3) is 0.231. The summed E-state index contributed by atoms with van der Waals surface area (Å²) in [6, 6.07) is 19.0. The lowest BCUT2D eigenvalue weighted by molar-refractivity contribution is 0.102. The molecular formula is C26H26N2O3. The number of amides is 1. The Morgan fingerprint density at radius 2 is 1.84 bits per heavy atom. The van der Waals surface area contributed by atoms with Crippen LogP contribution >= 0.6 is 0 Å². The molecule has 4 rings (SSSR count). The van der Waals surface area contributed by atoms with Gasteiger partial charge in [0, 0.05) is 16.8 Å². The monoisotopic (exact) mass is 414 g/mol. The SMILES string of the molecule is CCOc1ccc(C(=O)Nc2cc(-c3nc4cc(C(C)C)ccc4o3)ccc2C)cc1. The third-order valence-corrected chi connectivity index (χ3v) is 5.24. The minimum Gasteiger partial charge on any atom is -0.494 e. The van der Waals surface area contributed by atoms with E-state index in [0.717, 1.165) is 33.7 Å². The van der Waals surface area contributed by atoms with E-state index in [2.05, 4.69) is 36.3 Å². The zero-order valence-electron chi connectivity index (χ0n) is 18.2. The van der Waals surface area contributed by atoms with E-state index in [4.69, 9.17) is 9.15 Å². The second-order valence-corrected chi connectivity index (χ2v) is 7.84. The number of aromatic nitrogens is 1. The molecule has 0 spiro atoms. The van der Waals surface area contributed by atoms with Gasteiger partial charge in [-0.3, -0.25) is 4.79 Å². The van der Waals surface area contributed by atoms with Crippen LogP contribution in [-0.4, -0.2) is 17.5 Å².